The number of phenols is 1. The molecule has 20 heavy (non-hydrogen) atoms. The van der Waals surface area contributed by atoms with Gasteiger partial charge < -0.3 is 9.84 Å². The molecule has 1 aromatic carbocycles. The van der Waals surface area contributed by atoms with Crippen molar-refractivity contribution in [3.8, 4) is 5.75 Å². The van der Waals surface area contributed by atoms with Crippen molar-refractivity contribution < 1.29 is 19.0 Å². The van der Waals surface area contributed by atoms with E-state index in [0.29, 0.717) is 12.2 Å². The van der Waals surface area contributed by atoms with Gasteiger partial charge in [-0.25, -0.2) is 13.9 Å². The highest BCUT2D eigenvalue weighted by atomic mass is 19.1. The SMILES string of the molecule is O=C1O[C@H](Cn2ccnn2)CN1c1ccc(O)c(F)c1. The number of phenolic OH excluding ortho intramolecular Hbond substituents is 1. The number of aromatic hydroxyl groups is 1. The van der Waals surface area contributed by atoms with Gasteiger partial charge in [-0.2, -0.15) is 0 Å². The van der Waals surface area contributed by atoms with Crippen LogP contribution >= 0.6 is 0 Å². The van der Waals surface area contributed by atoms with E-state index in [1.165, 1.54) is 23.2 Å². The third kappa shape index (κ3) is 2.27. The molecule has 1 atom stereocenters. The van der Waals surface area contributed by atoms with Crippen molar-refractivity contribution in [1.29, 1.82) is 0 Å². The van der Waals surface area contributed by atoms with Crippen LogP contribution in [0.1, 0.15) is 0 Å². The van der Waals surface area contributed by atoms with Gasteiger partial charge in [0.1, 0.15) is 6.10 Å². The minimum Gasteiger partial charge on any atom is -0.505 e. The summed E-state index contributed by atoms with van der Waals surface area (Å²) in [7, 11) is 0. The molecule has 0 unspecified atom stereocenters. The zero-order valence-electron chi connectivity index (χ0n) is 10.3. The summed E-state index contributed by atoms with van der Waals surface area (Å²) < 4.78 is 20.1. The molecular formula is C12H11FN4O3. The lowest BCUT2D eigenvalue weighted by Crippen LogP contribution is -2.26. The highest BCUT2D eigenvalue weighted by molar-refractivity contribution is 5.89. The molecule has 1 fully saturated rings. The zero-order chi connectivity index (χ0) is 14.1. The second-order valence-electron chi connectivity index (χ2n) is 4.38. The summed E-state index contributed by atoms with van der Waals surface area (Å²) in [5, 5.41) is 16.6. The minimum atomic E-state index is -0.782. The van der Waals surface area contributed by atoms with E-state index in [1.807, 2.05) is 0 Å². The molecule has 0 bridgehead atoms. The van der Waals surface area contributed by atoms with Crippen LogP contribution in [0.5, 0.6) is 5.75 Å². The number of ether oxygens (including phenoxy) is 1. The Balaban J connectivity index is 1.75. The Morgan fingerprint density at radius 3 is 3.05 bits per heavy atom. The highest BCUT2D eigenvalue weighted by Gasteiger charge is 2.33. The van der Waals surface area contributed by atoms with Crippen molar-refractivity contribution in [2.24, 2.45) is 0 Å². The normalized spacial score (nSPS) is 18.4. The first kappa shape index (κ1) is 12.4. The summed E-state index contributed by atoms with van der Waals surface area (Å²) in [6.07, 6.45) is 2.25. The number of carbonyl (C=O) groups excluding carboxylic acids is 1. The van der Waals surface area contributed by atoms with Crippen molar-refractivity contribution in [3.63, 3.8) is 0 Å². The lowest BCUT2D eigenvalue weighted by molar-refractivity contribution is 0.129. The lowest BCUT2D eigenvalue weighted by Gasteiger charge is -2.13. The fourth-order valence-corrected chi connectivity index (χ4v) is 2.03. The molecule has 1 aliphatic rings. The topological polar surface area (TPSA) is 80.5 Å². The Labute approximate surface area is 113 Å². The molecule has 8 heteroatoms. The van der Waals surface area contributed by atoms with Crippen molar-refractivity contribution in [2.45, 2.75) is 12.6 Å². The van der Waals surface area contributed by atoms with Gasteiger partial charge in [-0.15, -0.1) is 5.10 Å². The number of rotatable bonds is 3. The molecule has 7 nitrogen and oxygen atoms in total. The summed E-state index contributed by atoms with van der Waals surface area (Å²) in [6.45, 7) is 0.658. The van der Waals surface area contributed by atoms with E-state index in [4.69, 9.17) is 9.84 Å². The van der Waals surface area contributed by atoms with E-state index in [9.17, 15) is 9.18 Å². The summed E-state index contributed by atoms with van der Waals surface area (Å²) in [4.78, 5) is 13.1. The molecule has 0 spiro atoms. The summed E-state index contributed by atoms with van der Waals surface area (Å²) in [5.74, 6) is -1.24. The van der Waals surface area contributed by atoms with E-state index < -0.39 is 17.7 Å². The van der Waals surface area contributed by atoms with Crippen LogP contribution in [0, 0.1) is 5.82 Å². The van der Waals surface area contributed by atoms with E-state index >= 15 is 0 Å². The van der Waals surface area contributed by atoms with Gasteiger partial charge in [0.05, 0.1) is 25.0 Å². The second kappa shape index (κ2) is 4.80. The standard InChI is InChI=1S/C12H11FN4O3/c13-10-5-8(1-2-11(10)18)17-7-9(20-12(17)19)6-16-4-3-14-15-16/h1-5,9,18H,6-7H2/t9-/m1/s1. The Hall–Kier alpha value is -2.64. The molecule has 1 amide bonds. The smallest absolute Gasteiger partial charge is 0.414 e. The van der Waals surface area contributed by atoms with Crippen LogP contribution in [0.2, 0.25) is 0 Å². The van der Waals surface area contributed by atoms with Crippen LogP contribution in [-0.2, 0) is 11.3 Å². The van der Waals surface area contributed by atoms with Crippen LogP contribution < -0.4 is 4.90 Å². The van der Waals surface area contributed by atoms with Crippen molar-refractivity contribution in [1.82, 2.24) is 15.0 Å². The maximum absolute atomic E-state index is 13.3. The van der Waals surface area contributed by atoms with E-state index in [1.54, 1.807) is 10.9 Å². The summed E-state index contributed by atoms with van der Waals surface area (Å²) in [5.41, 5.74) is 0.339. The van der Waals surface area contributed by atoms with Gasteiger partial charge in [0.25, 0.3) is 0 Å². The van der Waals surface area contributed by atoms with Crippen LogP contribution in [0.3, 0.4) is 0 Å². The number of cyclic esters (lactones) is 1. The van der Waals surface area contributed by atoms with Crippen LogP contribution in [-0.4, -0.2) is 38.8 Å². The van der Waals surface area contributed by atoms with Crippen molar-refractivity contribution in [2.75, 3.05) is 11.4 Å². The molecule has 0 aliphatic carbocycles. The Kier molecular flexibility index (Phi) is 2.97. The molecule has 1 aromatic heterocycles. The lowest BCUT2D eigenvalue weighted by atomic mass is 10.2. The largest absolute Gasteiger partial charge is 0.505 e. The van der Waals surface area contributed by atoms with Crippen LogP contribution in [0.15, 0.2) is 30.6 Å². The predicted octanol–water partition coefficient (Wildman–Crippen LogP) is 1.15. The zero-order valence-corrected chi connectivity index (χ0v) is 10.3. The van der Waals surface area contributed by atoms with Gasteiger partial charge in [0.15, 0.2) is 11.6 Å². The predicted molar refractivity (Wildman–Crippen MR) is 65.7 cm³/mol. The molecule has 0 radical (unpaired) electrons. The molecule has 2 aromatic rings. The van der Waals surface area contributed by atoms with Gasteiger partial charge in [-0.3, -0.25) is 4.90 Å². The Morgan fingerprint density at radius 1 is 1.50 bits per heavy atom. The molecule has 0 saturated carbocycles. The monoisotopic (exact) mass is 278 g/mol. The fraction of sp³-hybridized carbons (Fsp3) is 0.250. The van der Waals surface area contributed by atoms with Crippen molar-refractivity contribution in [3.05, 3.63) is 36.4 Å². The molecule has 1 aliphatic heterocycles. The first-order valence-corrected chi connectivity index (χ1v) is 5.94. The number of amides is 1. The average Bonchev–Trinajstić information content (AvgIpc) is 3.03. The Bertz CT molecular complexity index is 632. The quantitative estimate of drug-likeness (QED) is 0.910. The number of anilines is 1. The first-order chi connectivity index (χ1) is 9.63. The first-order valence-electron chi connectivity index (χ1n) is 5.94. The number of aromatic nitrogens is 3. The van der Waals surface area contributed by atoms with Gasteiger partial charge in [-0.05, 0) is 12.1 Å². The minimum absolute atomic E-state index is 0.281. The highest BCUT2D eigenvalue weighted by Crippen LogP contribution is 2.26. The van der Waals surface area contributed by atoms with Gasteiger partial charge in [0, 0.05) is 12.3 Å². The number of carbonyl (C=O) groups is 1. The summed E-state index contributed by atoms with van der Waals surface area (Å²) in [6, 6.07) is 3.74. The molecule has 1 N–H and O–H groups in total. The molecule has 104 valence electrons. The number of hydrogen-bond acceptors (Lipinski definition) is 5. The summed E-state index contributed by atoms with van der Waals surface area (Å²) >= 11 is 0. The number of nitrogens with zero attached hydrogens (tertiary/aromatic N) is 4. The number of halogens is 1. The van der Waals surface area contributed by atoms with Crippen molar-refractivity contribution >= 4 is 11.8 Å². The molecule has 3 rings (SSSR count). The van der Waals surface area contributed by atoms with E-state index in [2.05, 4.69) is 10.3 Å². The molecule has 1 saturated heterocycles. The maximum Gasteiger partial charge on any atom is 0.414 e. The van der Waals surface area contributed by atoms with Gasteiger partial charge in [0.2, 0.25) is 0 Å². The van der Waals surface area contributed by atoms with E-state index in [0.717, 1.165) is 6.07 Å². The third-order valence-electron chi connectivity index (χ3n) is 2.98. The molecular weight excluding hydrogens is 267 g/mol. The fourth-order valence-electron chi connectivity index (χ4n) is 2.03. The van der Waals surface area contributed by atoms with Crippen LogP contribution in [0.25, 0.3) is 0 Å². The maximum atomic E-state index is 13.3. The second-order valence-corrected chi connectivity index (χ2v) is 4.38. The van der Waals surface area contributed by atoms with Crippen LogP contribution in [0.4, 0.5) is 14.9 Å². The average molecular weight is 278 g/mol. The van der Waals surface area contributed by atoms with Gasteiger partial charge in [-0.1, -0.05) is 5.21 Å². The molecule has 2 heterocycles. The Morgan fingerprint density at radius 2 is 2.35 bits per heavy atom. The van der Waals surface area contributed by atoms with E-state index in [-0.39, 0.29) is 12.6 Å². The third-order valence-corrected chi connectivity index (χ3v) is 2.98. The number of benzene rings is 1. The van der Waals surface area contributed by atoms with Gasteiger partial charge >= 0.3 is 6.09 Å². The number of hydrogen-bond donors (Lipinski definition) is 1.